The third-order valence-electron chi connectivity index (χ3n) is 3.15. The Morgan fingerprint density at radius 3 is 2.80 bits per heavy atom. The number of rotatable bonds is 5. The normalized spacial score (nSPS) is 11.9. The molecule has 1 heterocycles. The number of ether oxygens (including phenoxy) is 1. The van der Waals surface area contributed by atoms with E-state index >= 15 is 0 Å². The van der Waals surface area contributed by atoms with Crippen molar-refractivity contribution >= 4 is 17.2 Å². The van der Waals surface area contributed by atoms with Gasteiger partial charge in [0.15, 0.2) is 0 Å². The highest BCUT2D eigenvalue weighted by molar-refractivity contribution is 5.60. The summed E-state index contributed by atoms with van der Waals surface area (Å²) in [6.45, 7) is 6.06. The largest absolute Gasteiger partial charge is 0.491 e. The average molecular weight is 271 g/mol. The van der Waals surface area contributed by atoms with Crippen LogP contribution in [0.25, 0.3) is 0 Å². The molecule has 0 aliphatic heterocycles. The molecule has 0 saturated heterocycles. The highest BCUT2D eigenvalue weighted by Gasteiger charge is 2.03. The van der Waals surface area contributed by atoms with Gasteiger partial charge >= 0.3 is 0 Å². The van der Waals surface area contributed by atoms with Crippen molar-refractivity contribution in [3.05, 3.63) is 42.1 Å². The summed E-state index contributed by atoms with van der Waals surface area (Å²) in [5.41, 5.74) is 8.23. The minimum atomic E-state index is 0.210. The molecule has 2 aromatic rings. The Kier molecular flexibility index (Phi) is 4.45. The van der Waals surface area contributed by atoms with Crippen LogP contribution in [0, 0.1) is 6.92 Å². The van der Waals surface area contributed by atoms with Gasteiger partial charge in [0.25, 0.3) is 0 Å². The first-order valence-corrected chi connectivity index (χ1v) is 6.85. The number of nitrogens with one attached hydrogen (secondary N) is 1. The predicted molar refractivity (Wildman–Crippen MR) is 83.5 cm³/mol. The second kappa shape index (κ2) is 6.28. The topological polar surface area (TPSA) is 60.2 Å². The first-order valence-electron chi connectivity index (χ1n) is 6.85. The third-order valence-corrected chi connectivity index (χ3v) is 3.15. The van der Waals surface area contributed by atoms with E-state index in [2.05, 4.69) is 24.1 Å². The second-order valence-corrected chi connectivity index (χ2v) is 4.86. The highest BCUT2D eigenvalue weighted by Crippen LogP contribution is 2.22. The van der Waals surface area contributed by atoms with E-state index in [9.17, 15) is 0 Å². The summed E-state index contributed by atoms with van der Waals surface area (Å²) in [4.78, 5) is 4.40. The van der Waals surface area contributed by atoms with Crippen molar-refractivity contribution in [2.45, 2.75) is 33.3 Å². The Balaban J connectivity index is 2.12. The van der Waals surface area contributed by atoms with Crippen LogP contribution in [0.2, 0.25) is 0 Å². The SMILES string of the molecule is CCC(C)Oc1cccc(Nc2ccc(N)c(C)n2)c1. The van der Waals surface area contributed by atoms with Crippen LogP contribution >= 0.6 is 0 Å². The molecule has 0 bridgehead atoms. The number of hydrogen-bond acceptors (Lipinski definition) is 4. The molecule has 1 aromatic heterocycles. The summed E-state index contributed by atoms with van der Waals surface area (Å²) in [7, 11) is 0. The Morgan fingerprint density at radius 2 is 2.10 bits per heavy atom. The van der Waals surface area contributed by atoms with Gasteiger partial charge in [-0.25, -0.2) is 4.98 Å². The second-order valence-electron chi connectivity index (χ2n) is 4.86. The van der Waals surface area contributed by atoms with E-state index in [1.54, 1.807) is 0 Å². The molecule has 1 aromatic carbocycles. The molecule has 0 aliphatic carbocycles. The first-order chi connectivity index (χ1) is 9.58. The highest BCUT2D eigenvalue weighted by atomic mass is 16.5. The van der Waals surface area contributed by atoms with Gasteiger partial charge in [-0.15, -0.1) is 0 Å². The molecular weight excluding hydrogens is 250 g/mol. The van der Waals surface area contributed by atoms with Gasteiger partial charge in [0, 0.05) is 11.8 Å². The summed E-state index contributed by atoms with van der Waals surface area (Å²) in [5.74, 6) is 1.63. The number of pyridine rings is 1. The predicted octanol–water partition coefficient (Wildman–Crippen LogP) is 3.89. The van der Waals surface area contributed by atoms with E-state index in [0.717, 1.165) is 29.4 Å². The lowest BCUT2D eigenvalue weighted by molar-refractivity contribution is 0.217. The lowest BCUT2D eigenvalue weighted by Gasteiger charge is -2.14. The zero-order valence-corrected chi connectivity index (χ0v) is 12.2. The molecule has 1 atom stereocenters. The number of anilines is 3. The molecule has 106 valence electrons. The van der Waals surface area contributed by atoms with Crippen LogP contribution in [-0.2, 0) is 0 Å². The fourth-order valence-electron chi connectivity index (χ4n) is 1.75. The zero-order valence-electron chi connectivity index (χ0n) is 12.2. The van der Waals surface area contributed by atoms with Crippen LogP contribution in [0.4, 0.5) is 17.2 Å². The summed E-state index contributed by atoms with van der Waals surface area (Å²) in [6.07, 6.45) is 1.19. The molecule has 0 fully saturated rings. The van der Waals surface area contributed by atoms with Gasteiger partial charge in [0.1, 0.15) is 11.6 Å². The van der Waals surface area contributed by atoms with Crippen molar-refractivity contribution in [1.29, 1.82) is 0 Å². The summed E-state index contributed by atoms with van der Waals surface area (Å²) < 4.78 is 5.80. The van der Waals surface area contributed by atoms with Crippen molar-refractivity contribution in [1.82, 2.24) is 4.98 Å². The maximum atomic E-state index is 5.80. The molecule has 4 heteroatoms. The molecule has 2 rings (SSSR count). The minimum absolute atomic E-state index is 0.210. The number of hydrogen-bond donors (Lipinski definition) is 2. The van der Waals surface area contributed by atoms with E-state index < -0.39 is 0 Å². The van der Waals surface area contributed by atoms with E-state index in [4.69, 9.17) is 10.5 Å². The summed E-state index contributed by atoms with van der Waals surface area (Å²) >= 11 is 0. The van der Waals surface area contributed by atoms with Crippen molar-refractivity contribution in [3.8, 4) is 5.75 Å². The number of nitrogens with zero attached hydrogens (tertiary/aromatic N) is 1. The first kappa shape index (κ1) is 14.2. The Hall–Kier alpha value is -2.23. The fourth-order valence-corrected chi connectivity index (χ4v) is 1.75. The van der Waals surface area contributed by atoms with Crippen LogP contribution in [0.5, 0.6) is 5.75 Å². The van der Waals surface area contributed by atoms with E-state index in [1.807, 2.05) is 43.3 Å². The minimum Gasteiger partial charge on any atom is -0.491 e. The van der Waals surface area contributed by atoms with Crippen LogP contribution in [-0.4, -0.2) is 11.1 Å². The zero-order chi connectivity index (χ0) is 14.5. The molecule has 0 amide bonds. The molecule has 0 radical (unpaired) electrons. The number of nitrogens with two attached hydrogens (primary N) is 1. The van der Waals surface area contributed by atoms with Gasteiger partial charge in [-0.3, -0.25) is 0 Å². The fraction of sp³-hybridized carbons (Fsp3) is 0.312. The number of benzene rings is 1. The average Bonchev–Trinajstić information content (AvgIpc) is 2.43. The van der Waals surface area contributed by atoms with Crippen molar-refractivity contribution < 1.29 is 4.74 Å². The van der Waals surface area contributed by atoms with Gasteiger partial charge in [-0.1, -0.05) is 13.0 Å². The van der Waals surface area contributed by atoms with Crippen molar-refractivity contribution in [3.63, 3.8) is 0 Å². The molecule has 20 heavy (non-hydrogen) atoms. The summed E-state index contributed by atoms with van der Waals surface area (Å²) in [5, 5.41) is 3.26. The molecule has 0 saturated carbocycles. The maximum absolute atomic E-state index is 5.80. The number of aromatic nitrogens is 1. The van der Waals surface area contributed by atoms with Gasteiger partial charge in [-0.05, 0) is 44.5 Å². The van der Waals surface area contributed by atoms with Gasteiger partial charge in [0.2, 0.25) is 0 Å². The standard InChI is InChI=1S/C16H21N3O/c1-4-11(2)20-14-7-5-6-13(10-14)19-16-9-8-15(17)12(3)18-16/h5-11H,4,17H2,1-3H3,(H,18,19). The van der Waals surface area contributed by atoms with Crippen LogP contribution < -0.4 is 15.8 Å². The monoisotopic (exact) mass is 271 g/mol. The van der Waals surface area contributed by atoms with E-state index in [0.29, 0.717) is 5.69 Å². The molecule has 0 spiro atoms. The van der Waals surface area contributed by atoms with Crippen LogP contribution in [0.15, 0.2) is 36.4 Å². The Morgan fingerprint density at radius 1 is 1.30 bits per heavy atom. The van der Waals surface area contributed by atoms with Crippen molar-refractivity contribution in [2.75, 3.05) is 11.1 Å². The van der Waals surface area contributed by atoms with E-state index in [-0.39, 0.29) is 6.10 Å². The molecule has 1 unspecified atom stereocenters. The van der Waals surface area contributed by atoms with Gasteiger partial charge in [0.05, 0.1) is 17.5 Å². The number of aryl methyl sites for hydroxylation is 1. The summed E-state index contributed by atoms with van der Waals surface area (Å²) in [6, 6.07) is 11.6. The van der Waals surface area contributed by atoms with E-state index in [1.165, 1.54) is 0 Å². The Labute approximate surface area is 120 Å². The Bertz CT molecular complexity index is 584. The molecule has 3 N–H and O–H groups in total. The quantitative estimate of drug-likeness (QED) is 0.866. The maximum Gasteiger partial charge on any atom is 0.130 e. The van der Waals surface area contributed by atoms with Crippen molar-refractivity contribution in [2.24, 2.45) is 0 Å². The lowest BCUT2D eigenvalue weighted by Crippen LogP contribution is -2.09. The van der Waals surface area contributed by atoms with Gasteiger partial charge < -0.3 is 15.8 Å². The smallest absolute Gasteiger partial charge is 0.130 e. The molecular formula is C16H21N3O. The van der Waals surface area contributed by atoms with Gasteiger partial charge in [-0.2, -0.15) is 0 Å². The number of nitrogen functional groups attached to an aromatic ring is 1. The lowest BCUT2D eigenvalue weighted by atomic mass is 10.2. The molecule has 0 aliphatic rings. The van der Waals surface area contributed by atoms with Crippen LogP contribution in [0.3, 0.4) is 0 Å². The third kappa shape index (κ3) is 3.63. The van der Waals surface area contributed by atoms with Crippen LogP contribution in [0.1, 0.15) is 26.0 Å². The molecule has 4 nitrogen and oxygen atoms in total.